The van der Waals surface area contributed by atoms with Gasteiger partial charge >= 0.3 is 12.1 Å². The van der Waals surface area contributed by atoms with Crippen LogP contribution in [0, 0.1) is 5.92 Å². The molecule has 9 heteroatoms. The Labute approximate surface area is 154 Å². The Morgan fingerprint density at radius 1 is 1.30 bits per heavy atom. The van der Waals surface area contributed by atoms with Crippen molar-refractivity contribution in [3.63, 3.8) is 0 Å². The molecular weight excluding hydrogens is 365 g/mol. The van der Waals surface area contributed by atoms with Crippen molar-refractivity contribution in [2.24, 2.45) is 5.92 Å². The lowest BCUT2D eigenvalue weighted by atomic mass is 9.98. The highest BCUT2D eigenvalue weighted by atomic mass is 19.4. The number of halogens is 3. The van der Waals surface area contributed by atoms with Crippen molar-refractivity contribution in [2.75, 3.05) is 26.7 Å². The van der Waals surface area contributed by atoms with Crippen LogP contribution < -0.4 is 0 Å². The summed E-state index contributed by atoms with van der Waals surface area (Å²) in [6, 6.07) is 4.49. The van der Waals surface area contributed by atoms with Gasteiger partial charge in [-0.1, -0.05) is 18.2 Å². The fourth-order valence-corrected chi connectivity index (χ4v) is 2.96. The van der Waals surface area contributed by atoms with Crippen LogP contribution >= 0.6 is 0 Å². The summed E-state index contributed by atoms with van der Waals surface area (Å²) >= 11 is 0. The fourth-order valence-electron chi connectivity index (χ4n) is 2.96. The molecule has 1 aromatic carbocycles. The summed E-state index contributed by atoms with van der Waals surface area (Å²) in [6.45, 7) is 0.284. The molecule has 1 aliphatic rings. The minimum Gasteiger partial charge on any atom is -0.481 e. The molecule has 6 nitrogen and oxygen atoms in total. The number of piperidine rings is 1. The number of amides is 2. The minimum absolute atomic E-state index is 0.101. The highest BCUT2D eigenvalue weighted by Crippen LogP contribution is 2.29. The molecule has 1 saturated heterocycles. The van der Waals surface area contributed by atoms with Crippen LogP contribution in [0.5, 0.6) is 0 Å². The van der Waals surface area contributed by atoms with Crippen LogP contribution in [0.2, 0.25) is 0 Å². The molecule has 0 aromatic heterocycles. The number of likely N-dealkylation sites (N-methyl/N-ethyl adjacent to an activating group) is 1. The number of alkyl halides is 3. The lowest BCUT2D eigenvalue weighted by Gasteiger charge is -2.32. The van der Waals surface area contributed by atoms with Gasteiger partial charge < -0.3 is 14.9 Å². The van der Waals surface area contributed by atoms with E-state index in [0.717, 1.165) is 17.0 Å². The number of carboxylic acid groups (broad SMARTS) is 1. The summed E-state index contributed by atoms with van der Waals surface area (Å²) in [5, 5.41) is 9.07. The molecule has 2 rings (SSSR count). The van der Waals surface area contributed by atoms with Crippen LogP contribution in [-0.2, 0) is 27.0 Å². The Bertz CT molecular complexity index is 721. The second-order valence-corrected chi connectivity index (χ2v) is 6.64. The Kier molecular flexibility index (Phi) is 6.45. The van der Waals surface area contributed by atoms with Crippen molar-refractivity contribution in [1.29, 1.82) is 0 Å². The second kappa shape index (κ2) is 8.41. The molecule has 1 aliphatic heterocycles. The zero-order valence-corrected chi connectivity index (χ0v) is 14.8. The van der Waals surface area contributed by atoms with Gasteiger partial charge in [-0.05, 0) is 24.5 Å². The highest BCUT2D eigenvalue weighted by molar-refractivity contribution is 5.86. The number of hydrogen-bond acceptors (Lipinski definition) is 3. The average molecular weight is 386 g/mol. The molecule has 27 heavy (non-hydrogen) atoms. The summed E-state index contributed by atoms with van der Waals surface area (Å²) in [7, 11) is 1.40. The van der Waals surface area contributed by atoms with E-state index in [1.807, 2.05) is 0 Å². The Morgan fingerprint density at radius 3 is 2.63 bits per heavy atom. The Morgan fingerprint density at radius 2 is 2.00 bits per heavy atom. The van der Waals surface area contributed by atoms with Gasteiger partial charge in [0.15, 0.2) is 0 Å². The van der Waals surface area contributed by atoms with E-state index < -0.39 is 29.5 Å². The lowest BCUT2D eigenvalue weighted by molar-refractivity contribution is -0.147. The summed E-state index contributed by atoms with van der Waals surface area (Å²) in [4.78, 5) is 38.2. The fraction of sp³-hybridized carbons (Fsp3) is 0.500. The lowest BCUT2D eigenvalue weighted by Crippen LogP contribution is -2.47. The zero-order chi connectivity index (χ0) is 20.2. The Hall–Kier alpha value is -2.58. The van der Waals surface area contributed by atoms with Crippen LogP contribution in [0.4, 0.5) is 13.2 Å². The van der Waals surface area contributed by atoms with Gasteiger partial charge in [-0.3, -0.25) is 14.4 Å². The highest BCUT2D eigenvalue weighted by Gasteiger charge is 2.31. The number of carbonyl (C=O) groups excluding carboxylic acids is 2. The van der Waals surface area contributed by atoms with Crippen molar-refractivity contribution in [3.05, 3.63) is 35.4 Å². The number of nitrogens with zero attached hydrogens (tertiary/aromatic N) is 2. The quantitative estimate of drug-likeness (QED) is 0.840. The third-order valence-corrected chi connectivity index (χ3v) is 4.53. The third kappa shape index (κ3) is 5.70. The van der Waals surface area contributed by atoms with E-state index in [0.29, 0.717) is 19.4 Å². The van der Waals surface area contributed by atoms with E-state index in [9.17, 15) is 27.6 Å². The molecule has 0 radical (unpaired) electrons. The minimum atomic E-state index is -4.49. The smallest absolute Gasteiger partial charge is 0.416 e. The number of carbonyl (C=O) groups is 3. The van der Waals surface area contributed by atoms with Gasteiger partial charge in [0.1, 0.15) is 0 Å². The van der Waals surface area contributed by atoms with Gasteiger partial charge in [-0.15, -0.1) is 0 Å². The first-order valence-corrected chi connectivity index (χ1v) is 8.48. The molecule has 1 N–H and O–H groups in total. The maximum Gasteiger partial charge on any atom is 0.416 e. The molecule has 0 bridgehead atoms. The topological polar surface area (TPSA) is 77.9 Å². The largest absolute Gasteiger partial charge is 0.481 e. The molecule has 0 spiro atoms. The van der Waals surface area contributed by atoms with Gasteiger partial charge in [0.05, 0.1) is 24.4 Å². The SMILES string of the molecule is CN(CC(=O)N1CCCC(C(=O)O)C1)C(=O)Cc1cccc(C(F)(F)F)c1. The molecule has 1 atom stereocenters. The van der Waals surface area contributed by atoms with Gasteiger partial charge in [-0.25, -0.2) is 0 Å². The standard InChI is InChI=1S/C18H21F3N2O4/c1-22(11-16(25)23-7-3-5-13(10-23)17(26)27)15(24)9-12-4-2-6-14(8-12)18(19,20)21/h2,4,6,8,13H,3,5,7,9-11H2,1H3,(H,26,27). The Balaban J connectivity index is 1.93. The number of likely N-dealkylation sites (tertiary alicyclic amines) is 1. The number of carboxylic acids is 1. The van der Waals surface area contributed by atoms with E-state index in [4.69, 9.17) is 5.11 Å². The van der Waals surface area contributed by atoms with Crippen molar-refractivity contribution in [1.82, 2.24) is 9.80 Å². The van der Waals surface area contributed by atoms with Crippen LogP contribution in [0.15, 0.2) is 24.3 Å². The maximum absolute atomic E-state index is 12.7. The van der Waals surface area contributed by atoms with Crippen LogP contribution in [-0.4, -0.2) is 59.4 Å². The first kappa shape index (κ1) is 20.7. The maximum atomic E-state index is 12.7. The van der Waals surface area contributed by atoms with E-state index >= 15 is 0 Å². The number of benzene rings is 1. The van der Waals surface area contributed by atoms with Crippen molar-refractivity contribution in [2.45, 2.75) is 25.4 Å². The normalized spacial score (nSPS) is 17.5. The molecule has 0 aliphatic carbocycles. The average Bonchev–Trinajstić information content (AvgIpc) is 2.61. The first-order valence-electron chi connectivity index (χ1n) is 8.48. The number of aliphatic carboxylic acids is 1. The first-order chi connectivity index (χ1) is 12.6. The third-order valence-electron chi connectivity index (χ3n) is 4.53. The van der Waals surface area contributed by atoms with E-state index in [1.165, 1.54) is 24.1 Å². The monoisotopic (exact) mass is 386 g/mol. The molecule has 0 saturated carbocycles. The van der Waals surface area contributed by atoms with Crippen molar-refractivity contribution < 1.29 is 32.7 Å². The molecule has 1 aromatic rings. The zero-order valence-electron chi connectivity index (χ0n) is 14.8. The second-order valence-electron chi connectivity index (χ2n) is 6.64. The van der Waals surface area contributed by atoms with Crippen molar-refractivity contribution in [3.8, 4) is 0 Å². The molecule has 1 unspecified atom stereocenters. The number of hydrogen-bond donors (Lipinski definition) is 1. The summed E-state index contributed by atoms with van der Waals surface area (Å²) in [6.07, 6.45) is -3.67. The summed E-state index contributed by atoms with van der Waals surface area (Å²) in [5.41, 5.74) is -0.627. The predicted octanol–water partition coefficient (Wildman–Crippen LogP) is 2.03. The van der Waals surface area contributed by atoms with Gasteiger partial charge in [0.2, 0.25) is 11.8 Å². The van der Waals surface area contributed by atoms with Crippen molar-refractivity contribution >= 4 is 17.8 Å². The molecule has 1 fully saturated rings. The van der Waals surface area contributed by atoms with Crippen LogP contribution in [0.25, 0.3) is 0 Å². The van der Waals surface area contributed by atoms with Gasteiger partial charge in [0, 0.05) is 20.1 Å². The predicted molar refractivity (Wildman–Crippen MR) is 89.7 cm³/mol. The van der Waals surface area contributed by atoms with E-state index in [2.05, 4.69) is 0 Å². The summed E-state index contributed by atoms with van der Waals surface area (Å²) in [5.74, 6) is -2.44. The molecule has 2 amide bonds. The van der Waals surface area contributed by atoms with E-state index in [1.54, 1.807) is 0 Å². The number of rotatable bonds is 5. The molecule has 1 heterocycles. The van der Waals surface area contributed by atoms with Crippen LogP contribution in [0.3, 0.4) is 0 Å². The summed E-state index contributed by atoms with van der Waals surface area (Å²) < 4.78 is 38.2. The van der Waals surface area contributed by atoms with Crippen LogP contribution in [0.1, 0.15) is 24.0 Å². The van der Waals surface area contributed by atoms with E-state index in [-0.39, 0.29) is 31.0 Å². The molecular formula is C18H21F3N2O4. The van der Waals surface area contributed by atoms with Gasteiger partial charge in [-0.2, -0.15) is 13.2 Å². The molecule has 148 valence electrons. The van der Waals surface area contributed by atoms with Gasteiger partial charge in [0.25, 0.3) is 0 Å².